The first-order valence-electron chi connectivity index (χ1n) is 19.7. The lowest BCUT2D eigenvalue weighted by atomic mass is 10.1. The summed E-state index contributed by atoms with van der Waals surface area (Å²) in [7, 11) is -4.78. The molecule has 0 unspecified atom stereocenters. The summed E-state index contributed by atoms with van der Waals surface area (Å²) in [6, 6.07) is 0. The van der Waals surface area contributed by atoms with Gasteiger partial charge in [0.2, 0.25) is 0 Å². The van der Waals surface area contributed by atoms with Crippen LogP contribution in [0.2, 0.25) is 0 Å². The Morgan fingerprint density at radius 1 is 0.549 bits per heavy atom. The molecule has 3 N–H and O–H groups in total. The van der Waals surface area contributed by atoms with Crippen LogP contribution < -0.4 is 0 Å². The Morgan fingerprint density at radius 2 is 0.980 bits per heavy atom. The molecule has 0 spiro atoms. The number of esters is 2. The van der Waals surface area contributed by atoms with E-state index < -0.39 is 32.5 Å². The second kappa shape index (κ2) is 37.5. The monoisotopic (exact) mass is 738 g/mol. The van der Waals surface area contributed by atoms with Crippen molar-refractivity contribution in [3.63, 3.8) is 0 Å². The SMILES string of the molecule is CCCCCC/C=C\CCCCCCCCCC(=O)OC[C@H](COP(=O)(O)O)OC(=O)CCC/C=C\C/C=C\C/C=C\C/C=C\CCCCCO. The summed E-state index contributed by atoms with van der Waals surface area (Å²) in [6.07, 6.45) is 43.8. The fraction of sp³-hybridized carbons (Fsp3) is 0.707. The van der Waals surface area contributed by atoms with Gasteiger partial charge in [-0.25, -0.2) is 4.57 Å². The van der Waals surface area contributed by atoms with Gasteiger partial charge in [0.05, 0.1) is 6.61 Å². The third kappa shape index (κ3) is 40.3. The quantitative estimate of drug-likeness (QED) is 0.0248. The molecule has 0 heterocycles. The van der Waals surface area contributed by atoms with Gasteiger partial charge in [0, 0.05) is 19.4 Å². The van der Waals surface area contributed by atoms with Crippen molar-refractivity contribution in [2.24, 2.45) is 0 Å². The van der Waals surface area contributed by atoms with E-state index in [0.29, 0.717) is 19.3 Å². The van der Waals surface area contributed by atoms with E-state index in [1.165, 1.54) is 51.4 Å². The van der Waals surface area contributed by atoms with E-state index in [1.807, 2.05) is 12.2 Å². The van der Waals surface area contributed by atoms with E-state index in [9.17, 15) is 14.2 Å². The molecule has 0 fully saturated rings. The molecule has 51 heavy (non-hydrogen) atoms. The summed E-state index contributed by atoms with van der Waals surface area (Å²) in [5.41, 5.74) is 0. The molecule has 1 atom stereocenters. The topological polar surface area (TPSA) is 140 Å². The van der Waals surface area contributed by atoms with Gasteiger partial charge in [-0.05, 0) is 83.5 Å². The second-order valence-electron chi connectivity index (χ2n) is 13.0. The molecule has 0 aliphatic heterocycles. The molecule has 10 heteroatoms. The number of carbonyl (C=O) groups excluding carboxylic acids is 2. The maximum Gasteiger partial charge on any atom is 0.469 e. The van der Waals surface area contributed by atoms with Gasteiger partial charge < -0.3 is 24.4 Å². The summed E-state index contributed by atoms with van der Waals surface area (Å²) in [5.74, 6) is -0.974. The average Bonchev–Trinajstić information content (AvgIpc) is 3.10. The van der Waals surface area contributed by atoms with Crippen LogP contribution in [0.3, 0.4) is 0 Å². The summed E-state index contributed by atoms with van der Waals surface area (Å²) in [4.78, 5) is 42.7. The van der Waals surface area contributed by atoms with Crippen LogP contribution in [0.5, 0.6) is 0 Å². The molecule has 0 saturated heterocycles. The van der Waals surface area contributed by atoms with E-state index in [2.05, 4.69) is 60.1 Å². The lowest BCUT2D eigenvalue weighted by Crippen LogP contribution is -2.29. The molecule has 0 amide bonds. The Labute approximate surface area is 309 Å². The molecule has 0 aliphatic rings. The highest BCUT2D eigenvalue weighted by Crippen LogP contribution is 2.36. The van der Waals surface area contributed by atoms with Gasteiger partial charge in [-0.1, -0.05) is 125 Å². The largest absolute Gasteiger partial charge is 0.469 e. The molecular weight excluding hydrogens is 667 g/mol. The van der Waals surface area contributed by atoms with Gasteiger partial charge in [0.15, 0.2) is 6.10 Å². The Kier molecular flexibility index (Phi) is 35.8. The zero-order valence-corrected chi connectivity index (χ0v) is 32.6. The molecule has 0 aromatic rings. The van der Waals surface area contributed by atoms with Crippen LogP contribution in [0.4, 0.5) is 0 Å². The van der Waals surface area contributed by atoms with E-state index in [-0.39, 0.29) is 26.1 Å². The van der Waals surface area contributed by atoms with Crippen LogP contribution in [-0.4, -0.2) is 52.8 Å². The summed E-state index contributed by atoms with van der Waals surface area (Å²) in [6.45, 7) is 1.62. The van der Waals surface area contributed by atoms with Crippen LogP contribution in [0, 0.1) is 0 Å². The standard InChI is InChI=1S/C41H71O9P/c1-2-3-4-5-6-7-8-9-13-16-19-22-25-28-31-34-40(43)48-37-39(38-49-51(45,46)47)50-41(44)35-32-29-26-23-20-17-14-11-10-12-15-18-21-24-27-30-33-36-42/h7-8,10,12,14,17-18,21,23,26,39,42H,2-6,9,11,13,15-16,19-20,22,24-25,27-38H2,1H3,(H2,45,46,47)/b8-7-,12-10-,17-14-,21-18-,26-23-/t39-/m1/s1. The predicted molar refractivity (Wildman–Crippen MR) is 208 cm³/mol. The molecule has 0 aromatic carbocycles. The van der Waals surface area contributed by atoms with E-state index in [0.717, 1.165) is 70.6 Å². The average molecular weight is 739 g/mol. The molecule has 0 aliphatic carbocycles. The number of allylic oxidation sites excluding steroid dienone is 10. The molecule has 9 nitrogen and oxygen atoms in total. The van der Waals surface area contributed by atoms with Gasteiger partial charge in [-0.2, -0.15) is 0 Å². The smallest absolute Gasteiger partial charge is 0.462 e. The van der Waals surface area contributed by atoms with Crippen molar-refractivity contribution in [3.05, 3.63) is 60.8 Å². The van der Waals surface area contributed by atoms with E-state index in [4.69, 9.17) is 24.4 Å². The highest BCUT2D eigenvalue weighted by Gasteiger charge is 2.22. The summed E-state index contributed by atoms with van der Waals surface area (Å²) < 4.78 is 26.3. The Balaban J connectivity index is 4.06. The molecule has 0 aromatic heterocycles. The van der Waals surface area contributed by atoms with Crippen molar-refractivity contribution in [2.75, 3.05) is 19.8 Å². The Morgan fingerprint density at radius 3 is 1.51 bits per heavy atom. The van der Waals surface area contributed by atoms with Crippen LogP contribution in [0.25, 0.3) is 0 Å². The Bertz CT molecular complexity index is 1010. The number of phosphoric ester groups is 1. The number of carbonyl (C=O) groups is 2. The lowest BCUT2D eigenvalue weighted by Gasteiger charge is -2.18. The van der Waals surface area contributed by atoms with Gasteiger partial charge in [-0.15, -0.1) is 0 Å². The van der Waals surface area contributed by atoms with Crippen LogP contribution in [-0.2, 0) is 28.2 Å². The third-order valence-electron chi connectivity index (χ3n) is 8.06. The molecular formula is C41H71O9P. The number of aliphatic hydroxyl groups excluding tert-OH is 1. The number of rotatable bonds is 36. The van der Waals surface area contributed by atoms with Crippen molar-refractivity contribution in [1.82, 2.24) is 0 Å². The van der Waals surface area contributed by atoms with Crippen molar-refractivity contribution >= 4 is 19.8 Å². The minimum atomic E-state index is -4.78. The molecule has 0 rings (SSSR count). The van der Waals surface area contributed by atoms with Gasteiger partial charge in [-0.3, -0.25) is 14.1 Å². The number of unbranched alkanes of at least 4 members (excludes halogenated alkanes) is 15. The van der Waals surface area contributed by atoms with E-state index >= 15 is 0 Å². The zero-order chi connectivity index (χ0) is 37.5. The first kappa shape index (κ1) is 48.7. The van der Waals surface area contributed by atoms with Crippen molar-refractivity contribution < 1.29 is 43.0 Å². The van der Waals surface area contributed by atoms with Gasteiger partial charge in [0.1, 0.15) is 6.61 Å². The summed E-state index contributed by atoms with van der Waals surface area (Å²) >= 11 is 0. The zero-order valence-electron chi connectivity index (χ0n) is 31.7. The molecule has 0 saturated carbocycles. The first-order chi connectivity index (χ1) is 24.8. The number of hydrogen-bond acceptors (Lipinski definition) is 7. The van der Waals surface area contributed by atoms with Crippen LogP contribution >= 0.6 is 7.82 Å². The first-order valence-corrected chi connectivity index (χ1v) is 21.2. The van der Waals surface area contributed by atoms with Crippen molar-refractivity contribution in [3.8, 4) is 0 Å². The number of phosphoric acid groups is 1. The maximum absolute atomic E-state index is 12.4. The van der Waals surface area contributed by atoms with E-state index in [1.54, 1.807) is 0 Å². The third-order valence-corrected chi connectivity index (χ3v) is 8.55. The van der Waals surface area contributed by atoms with Crippen molar-refractivity contribution in [1.29, 1.82) is 0 Å². The normalized spacial score (nSPS) is 13.1. The lowest BCUT2D eigenvalue weighted by molar-refractivity contribution is -0.161. The van der Waals surface area contributed by atoms with Crippen LogP contribution in [0.15, 0.2) is 60.8 Å². The van der Waals surface area contributed by atoms with Gasteiger partial charge >= 0.3 is 19.8 Å². The molecule has 0 bridgehead atoms. The maximum atomic E-state index is 12.4. The highest BCUT2D eigenvalue weighted by atomic mass is 31.2. The predicted octanol–water partition coefficient (Wildman–Crippen LogP) is 10.7. The van der Waals surface area contributed by atoms with Crippen molar-refractivity contribution in [2.45, 2.75) is 167 Å². The fourth-order valence-corrected chi connectivity index (χ4v) is 5.46. The number of hydrogen-bond donors (Lipinski definition) is 3. The summed E-state index contributed by atoms with van der Waals surface area (Å²) in [5, 5.41) is 8.77. The fourth-order valence-electron chi connectivity index (χ4n) is 5.10. The molecule has 294 valence electrons. The van der Waals surface area contributed by atoms with Gasteiger partial charge in [0.25, 0.3) is 0 Å². The number of aliphatic hydroxyl groups is 1. The Hall–Kier alpha value is -2.29. The molecule has 0 radical (unpaired) electrons. The minimum Gasteiger partial charge on any atom is -0.462 e. The second-order valence-corrected chi connectivity index (χ2v) is 14.2. The van der Waals surface area contributed by atoms with Crippen LogP contribution in [0.1, 0.15) is 161 Å². The minimum absolute atomic E-state index is 0.123. The highest BCUT2D eigenvalue weighted by molar-refractivity contribution is 7.46. The number of ether oxygens (including phenoxy) is 2.